The van der Waals surface area contributed by atoms with Crippen molar-refractivity contribution >= 4 is 27.6 Å². The van der Waals surface area contributed by atoms with Gasteiger partial charge in [-0.1, -0.05) is 0 Å². The van der Waals surface area contributed by atoms with Gasteiger partial charge in [0.25, 0.3) is 5.56 Å². The van der Waals surface area contributed by atoms with Crippen molar-refractivity contribution in [3.63, 3.8) is 0 Å². The van der Waals surface area contributed by atoms with E-state index in [4.69, 9.17) is 4.74 Å². The number of carbonyl (C=O) groups is 1. The highest BCUT2D eigenvalue weighted by Gasteiger charge is 2.18. The fourth-order valence-corrected chi connectivity index (χ4v) is 3.94. The predicted molar refractivity (Wildman–Crippen MR) is 127 cm³/mol. The van der Waals surface area contributed by atoms with Gasteiger partial charge >= 0.3 is 5.97 Å². The first kappa shape index (κ1) is 25.4. The molecule has 0 aliphatic carbocycles. The van der Waals surface area contributed by atoms with Gasteiger partial charge < -0.3 is 19.3 Å². The van der Waals surface area contributed by atoms with Gasteiger partial charge in [-0.2, -0.15) is 0 Å². The molecule has 10 heteroatoms. The number of aliphatic carboxylic acids is 1. The maximum atomic E-state index is 13.9. The summed E-state index contributed by atoms with van der Waals surface area (Å²) in [6.07, 6.45) is 1.64. The lowest BCUT2D eigenvalue weighted by molar-refractivity contribution is -0.135. The summed E-state index contributed by atoms with van der Waals surface area (Å²) < 4.78 is 34.3. The van der Waals surface area contributed by atoms with E-state index in [2.05, 4.69) is 20.9 Å². The highest BCUT2D eigenvalue weighted by atomic mass is 79.9. The Kier molecular flexibility index (Phi) is 8.03. The molecule has 0 aliphatic heterocycles. The molecule has 0 saturated carbocycles. The molecule has 7 nitrogen and oxygen atoms in total. The Bertz CT molecular complexity index is 1280. The number of nitrogens with zero attached hydrogens (tertiary/aromatic N) is 3. The molecule has 3 aromatic rings. The number of rotatable bonds is 9. The van der Waals surface area contributed by atoms with Gasteiger partial charge in [-0.15, -0.1) is 0 Å². The Labute approximate surface area is 203 Å². The first-order valence-electron chi connectivity index (χ1n) is 10.5. The standard InChI is InChI=1S/C24H24BrF2N3O4/c1-4-29(12-22(31)32)20-7-14(2)28-10-17(20)11-30-15(3)8-21(23(25)24(30)33)34-13-16-5-6-18(26)9-19(16)27/h5-10H,4,11-13H2,1-3H3,(H,31,32). The Hall–Kier alpha value is -3.27. The summed E-state index contributed by atoms with van der Waals surface area (Å²) in [4.78, 5) is 30.5. The van der Waals surface area contributed by atoms with Crippen molar-refractivity contribution in [1.29, 1.82) is 0 Å². The third-order valence-electron chi connectivity index (χ3n) is 5.29. The van der Waals surface area contributed by atoms with Crippen LogP contribution in [0.4, 0.5) is 14.5 Å². The molecular weight excluding hydrogens is 512 g/mol. The van der Waals surface area contributed by atoms with E-state index in [9.17, 15) is 23.5 Å². The van der Waals surface area contributed by atoms with Crippen LogP contribution in [0.3, 0.4) is 0 Å². The van der Waals surface area contributed by atoms with Crippen molar-refractivity contribution in [3.05, 3.63) is 85.5 Å². The Balaban J connectivity index is 1.91. The number of aromatic nitrogens is 2. The van der Waals surface area contributed by atoms with Crippen LogP contribution in [0.25, 0.3) is 0 Å². The lowest BCUT2D eigenvalue weighted by Gasteiger charge is -2.25. The van der Waals surface area contributed by atoms with Gasteiger partial charge in [0, 0.05) is 53.1 Å². The summed E-state index contributed by atoms with van der Waals surface area (Å²) in [6.45, 7) is 5.66. The number of carboxylic acid groups (broad SMARTS) is 1. The molecule has 1 N–H and O–H groups in total. The minimum atomic E-state index is -0.961. The third kappa shape index (κ3) is 5.80. The number of hydrogen-bond donors (Lipinski definition) is 1. The summed E-state index contributed by atoms with van der Waals surface area (Å²) in [5.74, 6) is -2.15. The number of hydrogen-bond acceptors (Lipinski definition) is 5. The van der Waals surface area contributed by atoms with Crippen molar-refractivity contribution < 1.29 is 23.4 Å². The quantitative estimate of drug-likeness (QED) is 0.436. The zero-order valence-electron chi connectivity index (χ0n) is 18.9. The topological polar surface area (TPSA) is 84.7 Å². The van der Waals surface area contributed by atoms with Crippen LogP contribution < -0.4 is 15.2 Å². The molecular formula is C24H24BrF2N3O4. The Morgan fingerprint density at radius 1 is 1.21 bits per heavy atom. The molecule has 34 heavy (non-hydrogen) atoms. The minimum absolute atomic E-state index is 0.153. The Morgan fingerprint density at radius 3 is 2.59 bits per heavy atom. The van der Waals surface area contributed by atoms with Crippen LogP contribution in [0, 0.1) is 25.5 Å². The molecule has 2 aromatic heterocycles. The second-order valence-electron chi connectivity index (χ2n) is 7.74. The van der Waals surface area contributed by atoms with Crippen LogP contribution in [-0.4, -0.2) is 33.7 Å². The maximum Gasteiger partial charge on any atom is 0.323 e. The molecule has 0 aliphatic rings. The first-order chi connectivity index (χ1) is 16.1. The van der Waals surface area contributed by atoms with Crippen LogP contribution in [0.15, 0.2) is 45.8 Å². The molecule has 0 fully saturated rings. The fourth-order valence-electron chi connectivity index (χ4n) is 3.50. The minimum Gasteiger partial charge on any atom is -0.487 e. The highest BCUT2D eigenvalue weighted by molar-refractivity contribution is 9.10. The lowest BCUT2D eigenvalue weighted by Crippen LogP contribution is -2.31. The summed E-state index contributed by atoms with van der Waals surface area (Å²) >= 11 is 3.27. The number of aryl methyl sites for hydroxylation is 2. The molecule has 1 aromatic carbocycles. The number of ether oxygens (including phenoxy) is 1. The lowest BCUT2D eigenvalue weighted by atomic mass is 10.1. The van der Waals surface area contributed by atoms with Crippen LogP contribution in [0.1, 0.15) is 29.4 Å². The fraction of sp³-hybridized carbons (Fsp3) is 0.292. The summed E-state index contributed by atoms with van der Waals surface area (Å²) in [7, 11) is 0. The molecule has 3 rings (SSSR count). The van der Waals surface area contributed by atoms with E-state index in [-0.39, 0.29) is 41.0 Å². The van der Waals surface area contributed by atoms with Crippen LogP contribution in [0.5, 0.6) is 5.75 Å². The molecule has 0 unspecified atom stereocenters. The number of likely N-dealkylation sites (N-methyl/N-ethyl adjacent to an activating group) is 1. The molecule has 0 saturated heterocycles. The van der Waals surface area contributed by atoms with Crippen molar-refractivity contribution in [3.8, 4) is 5.75 Å². The molecule has 0 radical (unpaired) electrons. The summed E-state index contributed by atoms with van der Waals surface area (Å²) in [5, 5.41) is 9.27. The van der Waals surface area contributed by atoms with E-state index >= 15 is 0 Å². The largest absolute Gasteiger partial charge is 0.487 e. The molecule has 0 atom stereocenters. The average molecular weight is 536 g/mol. The number of anilines is 1. The smallest absolute Gasteiger partial charge is 0.323 e. The maximum absolute atomic E-state index is 13.9. The van der Waals surface area contributed by atoms with E-state index in [1.807, 2.05) is 13.8 Å². The van der Waals surface area contributed by atoms with Crippen LogP contribution in [-0.2, 0) is 17.9 Å². The van der Waals surface area contributed by atoms with Crippen LogP contribution in [0.2, 0.25) is 0 Å². The van der Waals surface area contributed by atoms with Gasteiger partial charge in [0.05, 0.1) is 6.54 Å². The molecule has 0 bridgehead atoms. The molecule has 180 valence electrons. The van der Waals surface area contributed by atoms with Crippen molar-refractivity contribution in [2.75, 3.05) is 18.0 Å². The van der Waals surface area contributed by atoms with Gasteiger partial charge in [0.1, 0.15) is 35.0 Å². The summed E-state index contributed by atoms with van der Waals surface area (Å²) in [5.41, 5.74) is 2.46. The highest BCUT2D eigenvalue weighted by Crippen LogP contribution is 2.26. The monoisotopic (exact) mass is 535 g/mol. The number of halogens is 3. The second kappa shape index (κ2) is 10.8. The van der Waals surface area contributed by atoms with E-state index in [1.54, 1.807) is 30.2 Å². The van der Waals surface area contributed by atoms with Crippen molar-refractivity contribution in [1.82, 2.24) is 9.55 Å². The summed E-state index contributed by atoms with van der Waals surface area (Å²) in [6, 6.07) is 6.63. The Morgan fingerprint density at radius 2 is 1.94 bits per heavy atom. The van der Waals surface area contributed by atoms with Gasteiger partial charge in [-0.3, -0.25) is 14.6 Å². The molecule has 0 amide bonds. The first-order valence-corrected chi connectivity index (χ1v) is 11.3. The molecule has 0 spiro atoms. The third-order valence-corrected chi connectivity index (χ3v) is 6.02. The van der Waals surface area contributed by atoms with Gasteiger partial charge in [0.2, 0.25) is 0 Å². The van der Waals surface area contributed by atoms with Crippen molar-refractivity contribution in [2.24, 2.45) is 0 Å². The zero-order valence-corrected chi connectivity index (χ0v) is 20.5. The van der Waals surface area contributed by atoms with E-state index in [0.717, 1.165) is 17.8 Å². The second-order valence-corrected chi connectivity index (χ2v) is 8.53. The van der Waals surface area contributed by atoms with Crippen LogP contribution >= 0.6 is 15.9 Å². The average Bonchev–Trinajstić information content (AvgIpc) is 2.78. The number of carboxylic acids is 1. The SMILES string of the molecule is CCN(CC(=O)O)c1cc(C)ncc1Cn1c(C)cc(OCc2ccc(F)cc2F)c(Br)c1=O. The van der Waals surface area contributed by atoms with Gasteiger partial charge in [0.15, 0.2) is 0 Å². The zero-order chi connectivity index (χ0) is 25.0. The van der Waals surface area contributed by atoms with E-state index < -0.39 is 17.6 Å². The predicted octanol–water partition coefficient (Wildman–Crippen LogP) is 4.44. The number of pyridine rings is 2. The van der Waals surface area contributed by atoms with E-state index in [1.165, 1.54) is 10.6 Å². The normalized spacial score (nSPS) is 10.9. The number of benzene rings is 1. The van der Waals surface area contributed by atoms with Gasteiger partial charge in [-0.25, -0.2) is 8.78 Å². The van der Waals surface area contributed by atoms with Crippen molar-refractivity contribution in [2.45, 2.75) is 33.9 Å². The molecule has 2 heterocycles. The van der Waals surface area contributed by atoms with E-state index in [0.29, 0.717) is 23.5 Å². The van der Waals surface area contributed by atoms with Gasteiger partial charge in [-0.05, 0) is 54.9 Å².